The van der Waals surface area contributed by atoms with E-state index in [2.05, 4.69) is 10.3 Å². The first-order valence-corrected chi connectivity index (χ1v) is 5.75. The summed E-state index contributed by atoms with van der Waals surface area (Å²) in [5.41, 5.74) is 8.32. The van der Waals surface area contributed by atoms with Gasteiger partial charge < -0.3 is 11.1 Å². The van der Waals surface area contributed by atoms with Crippen molar-refractivity contribution in [3.63, 3.8) is 0 Å². The molecule has 0 aliphatic rings. The molecule has 0 atom stereocenters. The van der Waals surface area contributed by atoms with Crippen LogP contribution in [0.25, 0.3) is 0 Å². The number of hydrogen-bond acceptors (Lipinski definition) is 4. The third kappa shape index (κ3) is 2.77. The lowest BCUT2D eigenvalue weighted by Gasteiger charge is -2.05. The number of halogens is 1. The van der Waals surface area contributed by atoms with Gasteiger partial charge in [-0.2, -0.15) is 0 Å². The first kappa shape index (κ1) is 11.0. The first-order chi connectivity index (χ1) is 7.75. The van der Waals surface area contributed by atoms with E-state index in [9.17, 15) is 4.39 Å². The highest BCUT2D eigenvalue weighted by Gasteiger charge is 2.02. The standard InChI is InChI=1S/C11H12FN3S/c12-11-3-9(13)2-1-8(11)4-14-5-10-6-15-7-16-10/h1-3,6-7,14H,4-5,13H2. The fourth-order valence-corrected chi connectivity index (χ4v) is 1.92. The topological polar surface area (TPSA) is 50.9 Å². The Kier molecular flexibility index (Phi) is 3.48. The maximum atomic E-state index is 13.4. The van der Waals surface area contributed by atoms with E-state index >= 15 is 0 Å². The molecule has 2 aromatic rings. The largest absolute Gasteiger partial charge is 0.399 e. The van der Waals surface area contributed by atoms with Gasteiger partial charge in [0.15, 0.2) is 0 Å². The molecule has 0 spiro atoms. The highest BCUT2D eigenvalue weighted by molar-refractivity contribution is 7.09. The number of rotatable bonds is 4. The predicted molar refractivity (Wildman–Crippen MR) is 63.5 cm³/mol. The lowest BCUT2D eigenvalue weighted by atomic mass is 10.2. The molecular weight excluding hydrogens is 225 g/mol. The number of anilines is 1. The van der Waals surface area contributed by atoms with Crippen LogP contribution in [-0.4, -0.2) is 4.98 Å². The number of thiazole rings is 1. The summed E-state index contributed by atoms with van der Waals surface area (Å²) in [6.07, 6.45) is 1.80. The molecular formula is C11H12FN3S. The molecule has 2 rings (SSSR count). The van der Waals surface area contributed by atoms with Crippen LogP contribution in [0.4, 0.5) is 10.1 Å². The van der Waals surface area contributed by atoms with Gasteiger partial charge >= 0.3 is 0 Å². The zero-order chi connectivity index (χ0) is 11.4. The van der Waals surface area contributed by atoms with Crippen molar-refractivity contribution < 1.29 is 4.39 Å². The van der Waals surface area contributed by atoms with Crippen molar-refractivity contribution in [1.29, 1.82) is 0 Å². The molecule has 3 nitrogen and oxygen atoms in total. The van der Waals surface area contributed by atoms with Gasteiger partial charge in [0.25, 0.3) is 0 Å². The minimum absolute atomic E-state index is 0.267. The van der Waals surface area contributed by atoms with Crippen LogP contribution in [0.5, 0.6) is 0 Å². The second-order valence-corrected chi connectivity index (χ2v) is 4.39. The molecule has 16 heavy (non-hydrogen) atoms. The van der Waals surface area contributed by atoms with Crippen LogP contribution in [0.3, 0.4) is 0 Å². The SMILES string of the molecule is Nc1ccc(CNCc2cncs2)c(F)c1. The van der Waals surface area contributed by atoms with Crippen LogP contribution in [-0.2, 0) is 13.1 Å². The number of nitrogens with two attached hydrogens (primary N) is 1. The van der Waals surface area contributed by atoms with Gasteiger partial charge in [0.05, 0.1) is 5.51 Å². The van der Waals surface area contributed by atoms with Gasteiger partial charge in [-0.1, -0.05) is 6.07 Å². The van der Waals surface area contributed by atoms with Crippen LogP contribution >= 0.6 is 11.3 Å². The highest BCUT2D eigenvalue weighted by atomic mass is 32.1. The Balaban J connectivity index is 1.90. The quantitative estimate of drug-likeness (QED) is 0.801. The number of hydrogen-bond donors (Lipinski definition) is 2. The smallest absolute Gasteiger partial charge is 0.129 e. The average molecular weight is 237 g/mol. The van der Waals surface area contributed by atoms with Crippen molar-refractivity contribution in [2.24, 2.45) is 0 Å². The van der Waals surface area contributed by atoms with Gasteiger partial charge in [0.2, 0.25) is 0 Å². The Bertz CT molecular complexity index is 456. The van der Waals surface area contributed by atoms with E-state index in [1.165, 1.54) is 6.07 Å². The zero-order valence-corrected chi connectivity index (χ0v) is 9.43. The van der Waals surface area contributed by atoms with E-state index in [0.717, 1.165) is 4.88 Å². The molecule has 0 unspecified atom stereocenters. The lowest BCUT2D eigenvalue weighted by Crippen LogP contribution is -2.13. The molecule has 0 bridgehead atoms. The molecule has 0 aliphatic heterocycles. The first-order valence-electron chi connectivity index (χ1n) is 4.87. The summed E-state index contributed by atoms with van der Waals surface area (Å²) in [5, 5.41) is 3.15. The van der Waals surface area contributed by atoms with Crippen LogP contribution in [0.15, 0.2) is 29.9 Å². The maximum Gasteiger partial charge on any atom is 0.129 e. The van der Waals surface area contributed by atoms with E-state index in [4.69, 9.17) is 5.73 Å². The Morgan fingerprint density at radius 2 is 2.25 bits per heavy atom. The van der Waals surface area contributed by atoms with Crippen molar-refractivity contribution in [3.8, 4) is 0 Å². The highest BCUT2D eigenvalue weighted by Crippen LogP contribution is 2.12. The van der Waals surface area contributed by atoms with Crippen LogP contribution in [0.2, 0.25) is 0 Å². The summed E-state index contributed by atoms with van der Waals surface area (Å²) in [6.45, 7) is 1.19. The van der Waals surface area contributed by atoms with E-state index < -0.39 is 0 Å². The molecule has 84 valence electrons. The number of nitrogens with zero attached hydrogens (tertiary/aromatic N) is 1. The van der Waals surface area contributed by atoms with E-state index in [1.807, 2.05) is 0 Å². The number of benzene rings is 1. The molecule has 0 fully saturated rings. The normalized spacial score (nSPS) is 10.6. The van der Waals surface area contributed by atoms with Gasteiger partial charge in [-0.3, -0.25) is 4.98 Å². The third-order valence-corrected chi connectivity index (χ3v) is 2.95. The Hall–Kier alpha value is -1.46. The monoisotopic (exact) mass is 237 g/mol. The molecule has 0 saturated heterocycles. The number of aromatic nitrogens is 1. The van der Waals surface area contributed by atoms with E-state index in [0.29, 0.717) is 24.3 Å². The number of nitrogen functional groups attached to an aromatic ring is 1. The average Bonchev–Trinajstić information content (AvgIpc) is 2.74. The molecule has 0 aliphatic carbocycles. The zero-order valence-electron chi connectivity index (χ0n) is 8.61. The van der Waals surface area contributed by atoms with Crippen molar-refractivity contribution >= 4 is 17.0 Å². The van der Waals surface area contributed by atoms with Gasteiger partial charge in [-0.05, 0) is 12.1 Å². The van der Waals surface area contributed by atoms with Crippen LogP contribution < -0.4 is 11.1 Å². The molecule has 1 aromatic carbocycles. The maximum absolute atomic E-state index is 13.4. The molecule has 1 aromatic heterocycles. The van der Waals surface area contributed by atoms with Gasteiger partial charge in [0, 0.05) is 35.4 Å². The summed E-state index contributed by atoms with van der Waals surface area (Å²) in [4.78, 5) is 5.10. The van der Waals surface area contributed by atoms with Gasteiger partial charge in [-0.25, -0.2) is 4.39 Å². The van der Waals surface area contributed by atoms with Crippen molar-refractivity contribution in [2.45, 2.75) is 13.1 Å². The van der Waals surface area contributed by atoms with E-state index in [-0.39, 0.29) is 5.82 Å². The van der Waals surface area contributed by atoms with E-state index in [1.54, 1.807) is 35.2 Å². The second kappa shape index (κ2) is 5.05. The summed E-state index contributed by atoms with van der Waals surface area (Å²) in [6, 6.07) is 4.74. The third-order valence-electron chi connectivity index (χ3n) is 2.18. The van der Waals surface area contributed by atoms with Crippen molar-refractivity contribution in [1.82, 2.24) is 10.3 Å². The molecule has 0 saturated carbocycles. The van der Waals surface area contributed by atoms with Crippen molar-refractivity contribution in [3.05, 3.63) is 46.2 Å². The second-order valence-electron chi connectivity index (χ2n) is 3.42. The molecule has 5 heteroatoms. The minimum atomic E-state index is -0.267. The van der Waals surface area contributed by atoms with Crippen molar-refractivity contribution in [2.75, 3.05) is 5.73 Å². The van der Waals surface area contributed by atoms with Crippen LogP contribution in [0.1, 0.15) is 10.4 Å². The fourth-order valence-electron chi connectivity index (χ4n) is 1.36. The summed E-state index contributed by atoms with van der Waals surface area (Å²) < 4.78 is 13.4. The molecule has 3 N–H and O–H groups in total. The summed E-state index contributed by atoms with van der Waals surface area (Å²) in [7, 11) is 0. The Morgan fingerprint density at radius 1 is 1.38 bits per heavy atom. The Morgan fingerprint density at radius 3 is 2.94 bits per heavy atom. The number of nitrogens with one attached hydrogen (secondary N) is 1. The fraction of sp³-hybridized carbons (Fsp3) is 0.182. The Labute approximate surface area is 97.1 Å². The summed E-state index contributed by atoms with van der Waals surface area (Å²) >= 11 is 1.58. The lowest BCUT2D eigenvalue weighted by molar-refractivity contribution is 0.589. The van der Waals surface area contributed by atoms with Gasteiger partial charge in [0.1, 0.15) is 5.82 Å². The molecule has 0 radical (unpaired) electrons. The van der Waals surface area contributed by atoms with Gasteiger partial charge in [-0.15, -0.1) is 11.3 Å². The molecule has 1 heterocycles. The van der Waals surface area contributed by atoms with Crippen LogP contribution in [0, 0.1) is 5.82 Å². The summed E-state index contributed by atoms with van der Waals surface area (Å²) in [5.74, 6) is -0.267. The molecule has 0 amide bonds. The predicted octanol–water partition coefficient (Wildman–Crippen LogP) is 2.15. The minimum Gasteiger partial charge on any atom is -0.399 e.